The molecule has 2 amide bonds. The van der Waals surface area contributed by atoms with Crippen LogP contribution in [-0.2, 0) is 19.6 Å². The summed E-state index contributed by atoms with van der Waals surface area (Å²) < 4.78 is 23.4. The van der Waals surface area contributed by atoms with Crippen LogP contribution in [0.3, 0.4) is 0 Å². The summed E-state index contributed by atoms with van der Waals surface area (Å²) in [4.78, 5) is 22.8. The van der Waals surface area contributed by atoms with Gasteiger partial charge in [-0.05, 0) is 24.6 Å². The van der Waals surface area contributed by atoms with E-state index in [1.165, 1.54) is 0 Å². The van der Waals surface area contributed by atoms with Crippen molar-refractivity contribution in [3.05, 3.63) is 29.8 Å². The molecule has 0 radical (unpaired) electrons. The van der Waals surface area contributed by atoms with Gasteiger partial charge in [-0.2, -0.15) is 0 Å². The molecule has 7 heteroatoms. The van der Waals surface area contributed by atoms with Gasteiger partial charge in [-0.15, -0.1) is 0 Å². The molecular weight excluding hydrogens is 268 g/mol. The number of carbonyl (C=O) groups excluding carboxylic acids is 2. The number of benzene rings is 1. The van der Waals surface area contributed by atoms with Crippen molar-refractivity contribution in [2.24, 2.45) is 0 Å². The van der Waals surface area contributed by atoms with E-state index in [1.807, 2.05) is 13.0 Å². The Bertz CT molecular complexity index is 581. The molecule has 0 bridgehead atoms. The fraction of sp³-hybridized carbons (Fsp3) is 0.333. The molecule has 1 rings (SSSR count). The predicted octanol–water partition coefficient (Wildman–Crippen LogP) is 0.790. The van der Waals surface area contributed by atoms with Crippen LogP contribution in [0.2, 0.25) is 0 Å². The Kier molecular flexibility index (Phi) is 5.05. The second-order valence-electron chi connectivity index (χ2n) is 4.22. The van der Waals surface area contributed by atoms with Crippen molar-refractivity contribution in [3.8, 4) is 0 Å². The number of rotatable bonds is 5. The standard InChI is InChI=1S/C12H16N2O4S/c1-9-4-3-5-10(8-9)13-11(15)6-7-12(16)14-19(2,17)18/h3-5,8H,6-7H2,1-2H3,(H,13,15)(H,14,16). The molecule has 0 spiro atoms. The Labute approximate surface area is 112 Å². The van der Waals surface area contributed by atoms with E-state index in [-0.39, 0.29) is 18.7 Å². The number of amides is 2. The van der Waals surface area contributed by atoms with Gasteiger partial charge in [0, 0.05) is 18.5 Å². The Morgan fingerprint density at radius 1 is 1.16 bits per heavy atom. The molecule has 1 aromatic carbocycles. The van der Waals surface area contributed by atoms with Gasteiger partial charge in [-0.1, -0.05) is 12.1 Å². The van der Waals surface area contributed by atoms with Gasteiger partial charge in [0.15, 0.2) is 0 Å². The molecule has 19 heavy (non-hydrogen) atoms. The van der Waals surface area contributed by atoms with E-state index in [9.17, 15) is 18.0 Å². The molecule has 6 nitrogen and oxygen atoms in total. The van der Waals surface area contributed by atoms with E-state index in [0.717, 1.165) is 11.8 Å². The van der Waals surface area contributed by atoms with Crippen molar-refractivity contribution in [1.82, 2.24) is 4.72 Å². The van der Waals surface area contributed by atoms with Crippen LogP contribution in [0.5, 0.6) is 0 Å². The first-order valence-electron chi connectivity index (χ1n) is 5.63. The fourth-order valence-electron chi connectivity index (χ4n) is 1.43. The smallest absolute Gasteiger partial charge is 0.233 e. The number of nitrogens with one attached hydrogen (secondary N) is 2. The first-order valence-corrected chi connectivity index (χ1v) is 7.52. The highest BCUT2D eigenvalue weighted by Crippen LogP contribution is 2.10. The normalized spacial score (nSPS) is 10.8. The van der Waals surface area contributed by atoms with Crippen molar-refractivity contribution >= 4 is 27.5 Å². The molecule has 0 aliphatic carbocycles. The molecule has 2 N–H and O–H groups in total. The summed E-state index contributed by atoms with van der Waals surface area (Å²) in [6.07, 6.45) is 0.637. The van der Waals surface area contributed by atoms with Crippen LogP contribution in [0, 0.1) is 6.92 Å². The lowest BCUT2D eigenvalue weighted by Gasteiger charge is -2.06. The van der Waals surface area contributed by atoms with Crippen LogP contribution in [0.15, 0.2) is 24.3 Å². The van der Waals surface area contributed by atoms with Gasteiger partial charge in [0.05, 0.1) is 6.26 Å². The zero-order valence-corrected chi connectivity index (χ0v) is 11.6. The van der Waals surface area contributed by atoms with Gasteiger partial charge < -0.3 is 5.32 Å². The third kappa shape index (κ3) is 6.56. The second-order valence-corrected chi connectivity index (χ2v) is 5.96. The maximum atomic E-state index is 11.6. The maximum absolute atomic E-state index is 11.6. The number of anilines is 1. The molecule has 104 valence electrons. The summed E-state index contributed by atoms with van der Waals surface area (Å²) >= 11 is 0. The van der Waals surface area contributed by atoms with Crippen molar-refractivity contribution in [2.45, 2.75) is 19.8 Å². The predicted molar refractivity (Wildman–Crippen MR) is 72.0 cm³/mol. The quantitative estimate of drug-likeness (QED) is 0.836. The largest absolute Gasteiger partial charge is 0.326 e. The minimum Gasteiger partial charge on any atom is -0.326 e. The minimum absolute atomic E-state index is 0.0741. The topological polar surface area (TPSA) is 92.3 Å². The Morgan fingerprint density at radius 3 is 2.37 bits per heavy atom. The summed E-state index contributed by atoms with van der Waals surface area (Å²) in [5.74, 6) is -1.03. The molecule has 0 aliphatic rings. The van der Waals surface area contributed by atoms with Crippen LogP contribution in [0.1, 0.15) is 18.4 Å². The molecule has 0 fully saturated rings. The molecule has 0 aliphatic heterocycles. The van der Waals surface area contributed by atoms with Crippen molar-refractivity contribution in [1.29, 1.82) is 0 Å². The van der Waals surface area contributed by atoms with Crippen LogP contribution in [0.4, 0.5) is 5.69 Å². The lowest BCUT2D eigenvalue weighted by atomic mass is 10.2. The van der Waals surface area contributed by atoms with Gasteiger partial charge in [0.2, 0.25) is 21.8 Å². The van der Waals surface area contributed by atoms with E-state index >= 15 is 0 Å². The maximum Gasteiger partial charge on any atom is 0.233 e. The molecule has 0 unspecified atom stereocenters. The number of hydrogen-bond acceptors (Lipinski definition) is 4. The molecule has 0 heterocycles. The first kappa shape index (κ1) is 15.2. The van der Waals surface area contributed by atoms with Crippen molar-refractivity contribution < 1.29 is 18.0 Å². The first-order chi connectivity index (χ1) is 8.76. The van der Waals surface area contributed by atoms with Gasteiger partial charge in [-0.3, -0.25) is 14.3 Å². The highest BCUT2D eigenvalue weighted by Gasteiger charge is 2.11. The fourth-order valence-corrected chi connectivity index (χ4v) is 1.95. The summed E-state index contributed by atoms with van der Waals surface area (Å²) in [6, 6.07) is 7.24. The summed E-state index contributed by atoms with van der Waals surface area (Å²) in [6.45, 7) is 1.90. The highest BCUT2D eigenvalue weighted by molar-refractivity contribution is 7.89. The summed E-state index contributed by atoms with van der Waals surface area (Å²) in [7, 11) is -3.57. The van der Waals surface area contributed by atoms with E-state index in [0.29, 0.717) is 5.69 Å². The highest BCUT2D eigenvalue weighted by atomic mass is 32.2. The van der Waals surface area contributed by atoms with E-state index in [2.05, 4.69) is 5.32 Å². The average Bonchev–Trinajstić information content (AvgIpc) is 2.24. The van der Waals surface area contributed by atoms with Gasteiger partial charge >= 0.3 is 0 Å². The molecule has 0 atom stereocenters. The number of carbonyl (C=O) groups is 2. The third-order valence-corrected chi connectivity index (χ3v) is 2.78. The third-order valence-electron chi connectivity index (χ3n) is 2.18. The molecule has 0 saturated carbocycles. The van der Waals surface area contributed by atoms with E-state index in [1.54, 1.807) is 22.9 Å². The summed E-state index contributed by atoms with van der Waals surface area (Å²) in [5, 5.41) is 2.63. The van der Waals surface area contributed by atoms with Crippen LogP contribution in [-0.4, -0.2) is 26.5 Å². The van der Waals surface area contributed by atoms with E-state index < -0.39 is 15.9 Å². The Balaban J connectivity index is 2.42. The molecule has 0 saturated heterocycles. The zero-order chi connectivity index (χ0) is 14.5. The van der Waals surface area contributed by atoms with Crippen LogP contribution < -0.4 is 10.0 Å². The van der Waals surface area contributed by atoms with Crippen molar-refractivity contribution in [3.63, 3.8) is 0 Å². The Morgan fingerprint density at radius 2 is 1.79 bits per heavy atom. The van der Waals surface area contributed by atoms with E-state index in [4.69, 9.17) is 0 Å². The van der Waals surface area contributed by atoms with Crippen LogP contribution >= 0.6 is 0 Å². The number of sulfonamides is 1. The number of hydrogen-bond donors (Lipinski definition) is 2. The second kappa shape index (κ2) is 6.33. The monoisotopic (exact) mass is 284 g/mol. The molecule has 1 aromatic rings. The lowest BCUT2D eigenvalue weighted by Crippen LogP contribution is -2.30. The van der Waals surface area contributed by atoms with Gasteiger partial charge in [0.1, 0.15) is 0 Å². The van der Waals surface area contributed by atoms with Gasteiger partial charge in [-0.25, -0.2) is 8.42 Å². The SMILES string of the molecule is Cc1cccc(NC(=O)CCC(=O)NS(C)(=O)=O)c1. The van der Waals surface area contributed by atoms with Gasteiger partial charge in [0.25, 0.3) is 0 Å². The Hall–Kier alpha value is -1.89. The lowest BCUT2D eigenvalue weighted by molar-refractivity contribution is -0.123. The van der Waals surface area contributed by atoms with Crippen LogP contribution in [0.25, 0.3) is 0 Å². The summed E-state index contributed by atoms with van der Waals surface area (Å²) in [5.41, 5.74) is 1.65. The molecule has 0 aromatic heterocycles. The number of aryl methyl sites for hydroxylation is 1. The average molecular weight is 284 g/mol. The molecular formula is C12H16N2O4S. The van der Waals surface area contributed by atoms with Crippen molar-refractivity contribution in [2.75, 3.05) is 11.6 Å². The minimum atomic E-state index is -3.57. The zero-order valence-electron chi connectivity index (χ0n) is 10.8.